The molecule has 0 atom stereocenters. The van der Waals surface area contributed by atoms with Crippen molar-refractivity contribution in [3.63, 3.8) is 0 Å². The molecule has 2 aromatic carbocycles. The summed E-state index contributed by atoms with van der Waals surface area (Å²) >= 11 is 0. The van der Waals surface area contributed by atoms with E-state index in [1.165, 1.54) is 19.3 Å². The molecule has 3 aliphatic rings. The predicted octanol–water partition coefficient (Wildman–Crippen LogP) is 5.58. The van der Waals surface area contributed by atoms with Crippen LogP contribution in [0.5, 0.6) is 11.6 Å². The molecule has 0 N–H and O–H groups in total. The molecular formula is C28H30N2O3. The number of fused-ring (bicyclic) bond motifs is 1. The van der Waals surface area contributed by atoms with Crippen LogP contribution in [0.3, 0.4) is 0 Å². The molecule has 0 unspecified atom stereocenters. The van der Waals surface area contributed by atoms with E-state index in [1.54, 1.807) is 6.20 Å². The summed E-state index contributed by atoms with van der Waals surface area (Å²) in [4.78, 5) is 7.00. The van der Waals surface area contributed by atoms with E-state index in [9.17, 15) is 0 Å². The topological polar surface area (TPSA) is 43.8 Å². The number of nitrogens with zero attached hydrogens (tertiary/aromatic N) is 2. The predicted molar refractivity (Wildman–Crippen MR) is 127 cm³/mol. The fraction of sp³-hybridized carbons (Fsp3) is 0.393. The van der Waals surface area contributed by atoms with Gasteiger partial charge in [-0.3, -0.25) is 4.90 Å². The first-order valence-electron chi connectivity index (χ1n) is 12.1. The van der Waals surface area contributed by atoms with Crippen LogP contribution in [-0.4, -0.2) is 34.8 Å². The number of ether oxygens (including phenoxy) is 3. The van der Waals surface area contributed by atoms with Gasteiger partial charge in [-0.25, -0.2) is 4.98 Å². The molecule has 1 aliphatic carbocycles. The van der Waals surface area contributed by atoms with Crippen molar-refractivity contribution in [1.82, 2.24) is 9.88 Å². The average molecular weight is 443 g/mol. The Balaban J connectivity index is 1.13. The molecule has 1 aromatic heterocycles. The van der Waals surface area contributed by atoms with Gasteiger partial charge in [-0.1, -0.05) is 42.8 Å². The van der Waals surface area contributed by atoms with Crippen LogP contribution in [-0.2, 0) is 18.0 Å². The molecule has 1 saturated heterocycles. The Hall–Kier alpha value is -2.89. The second-order valence-electron chi connectivity index (χ2n) is 9.40. The van der Waals surface area contributed by atoms with Crippen molar-refractivity contribution in [2.24, 2.45) is 0 Å². The fourth-order valence-electron chi connectivity index (χ4n) is 5.04. The molecule has 0 bridgehead atoms. The zero-order valence-electron chi connectivity index (χ0n) is 18.9. The molecule has 5 heteroatoms. The molecule has 2 fully saturated rings. The van der Waals surface area contributed by atoms with Gasteiger partial charge in [0.2, 0.25) is 11.7 Å². The molecule has 3 heterocycles. The molecule has 2 aliphatic heterocycles. The van der Waals surface area contributed by atoms with Gasteiger partial charge in [0.05, 0.1) is 6.61 Å². The monoisotopic (exact) mass is 442 g/mol. The lowest BCUT2D eigenvalue weighted by Gasteiger charge is -2.47. The Morgan fingerprint density at radius 3 is 2.58 bits per heavy atom. The standard InChI is InChI=1S/C28H30N2O3/c1-2-5-21(6-3-1)19-31-27-18-23(11-14-29-27)22-9-10-26-24(17-22)20-32-28(33-26)12-15-30(16-13-28)25-7-4-8-25/h1-3,5-6,9-11,14,17-18,25H,4,7-8,12-13,15-16,19-20H2. The van der Waals surface area contributed by atoms with E-state index >= 15 is 0 Å². The molecule has 0 amide bonds. The number of rotatable bonds is 5. The maximum absolute atomic E-state index is 6.46. The Morgan fingerprint density at radius 2 is 1.79 bits per heavy atom. The number of piperidine rings is 1. The Bertz CT molecular complexity index is 1110. The van der Waals surface area contributed by atoms with E-state index in [1.807, 2.05) is 30.3 Å². The van der Waals surface area contributed by atoms with Crippen LogP contribution < -0.4 is 9.47 Å². The Morgan fingerprint density at radius 1 is 0.970 bits per heavy atom. The Kier molecular flexibility index (Phi) is 5.52. The zero-order chi connectivity index (χ0) is 22.1. The lowest BCUT2D eigenvalue weighted by molar-refractivity contribution is -0.231. The second kappa shape index (κ2) is 8.81. The minimum absolute atomic E-state index is 0.454. The molecule has 1 saturated carbocycles. The highest BCUT2D eigenvalue weighted by molar-refractivity contribution is 5.66. The number of benzene rings is 2. The summed E-state index contributed by atoms with van der Waals surface area (Å²) in [5.74, 6) is 1.12. The molecule has 5 nitrogen and oxygen atoms in total. The second-order valence-corrected chi connectivity index (χ2v) is 9.40. The van der Waals surface area contributed by atoms with Gasteiger partial charge in [0.1, 0.15) is 12.4 Å². The SMILES string of the molecule is c1ccc(COc2cc(-c3ccc4c(c3)COC3(CCN(C5CCC5)CC3)O4)ccn2)cc1. The fourth-order valence-corrected chi connectivity index (χ4v) is 5.04. The largest absolute Gasteiger partial charge is 0.473 e. The average Bonchev–Trinajstić information content (AvgIpc) is 2.84. The van der Waals surface area contributed by atoms with Crippen LogP contribution in [0.1, 0.15) is 43.2 Å². The van der Waals surface area contributed by atoms with Crippen molar-refractivity contribution >= 4 is 0 Å². The van der Waals surface area contributed by atoms with Gasteiger partial charge in [-0.15, -0.1) is 0 Å². The third kappa shape index (κ3) is 4.35. The first kappa shape index (κ1) is 20.7. The lowest BCUT2D eigenvalue weighted by atomic mass is 9.89. The smallest absolute Gasteiger partial charge is 0.214 e. The summed E-state index contributed by atoms with van der Waals surface area (Å²) in [7, 11) is 0. The van der Waals surface area contributed by atoms with Gasteiger partial charge in [0, 0.05) is 49.8 Å². The highest BCUT2D eigenvalue weighted by Gasteiger charge is 2.42. The van der Waals surface area contributed by atoms with Crippen LogP contribution in [0.25, 0.3) is 11.1 Å². The van der Waals surface area contributed by atoms with E-state index in [4.69, 9.17) is 14.2 Å². The van der Waals surface area contributed by atoms with Crippen molar-refractivity contribution in [3.05, 3.63) is 78.0 Å². The minimum Gasteiger partial charge on any atom is -0.473 e. The van der Waals surface area contributed by atoms with Crippen LogP contribution in [0, 0.1) is 0 Å². The van der Waals surface area contributed by atoms with Gasteiger partial charge >= 0.3 is 0 Å². The summed E-state index contributed by atoms with van der Waals surface area (Å²) in [6, 6.07) is 21.3. The quantitative estimate of drug-likeness (QED) is 0.516. The van der Waals surface area contributed by atoms with Gasteiger partial charge in [-0.05, 0) is 47.7 Å². The number of hydrogen-bond donors (Lipinski definition) is 0. The summed E-state index contributed by atoms with van der Waals surface area (Å²) in [5.41, 5.74) is 4.41. The van der Waals surface area contributed by atoms with Crippen molar-refractivity contribution in [2.45, 2.75) is 57.1 Å². The molecule has 3 aromatic rings. The minimum atomic E-state index is -0.454. The highest BCUT2D eigenvalue weighted by Crippen LogP contribution is 2.40. The molecule has 0 radical (unpaired) electrons. The first-order valence-corrected chi connectivity index (χ1v) is 12.1. The molecular weight excluding hydrogens is 412 g/mol. The van der Waals surface area contributed by atoms with Crippen LogP contribution in [0.15, 0.2) is 66.9 Å². The van der Waals surface area contributed by atoms with Crippen LogP contribution >= 0.6 is 0 Å². The molecule has 170 valence electrons. The lowest BCUT2D eigenvalue weighted by Crippen LogP contribution is -2.54. The Labute approximate surface area is 195 Å². The van der Waals surface area contributed by atoms with E-state index in [-0.39, 0.29) is 0 Å². The third-order valence-electron chi connectivity index (χ3n) is 7.30. The first-order chi connectivity index (χ1) is 16.3. The van der Waals surface area contributed by atoms with E-state index < -0.39 is 5.79 Å². The number of likely N-dealkylation sites (tertiary alicyclic amines) is 1. The normalized spacial score (nSPS) is 20.0. The highest BCUT2D eigenvalue weighted by atomic mass is 16.7. The molecule has 1 spiro atoms. The van der Waals surface area contributed by atoms with Gasteiger partial charge in [0.25, 0.3) is 0 Å². The van der Waals surface area contributed by atoms with Crippen LogP contribution in [0.2, 0.25) is 0 Å². The third-order valence-corrected chi connectivity index (χ3v) is 7.30. The summed E-state index contributed by atoms with van der Waals surface area (Å²) in [5, 5.41) is 0. The summed E-state index contributed by atoms with van der Waals surface area (Å²) < 4.78 is 18.7. The van der Waals surface area contributed by atoms with E-state index in [2.05, 4.69) is 40.2 Å². The molecule has 6 rings (SSSR count). The summed E-state index contributed by atoms with van der Waals surface area (Å²) in [6.45, 7) is 3.24. The zero-order valence-corrected chi connectivity index (χ0v) is 18.9. The maximum Gasteiger partial charge on any atom is 0.214 e. The van der Waals surface area contributed by atoms with Crippen molar-refractivity contribution in [2.75, 3.05) is 13.1 Å². The van der Waals surface area contributed by atoms with Gasteiger partial charge in [0.15, 0.2) is 0 Å². The van der Waals surface area contributed by atoms with E-state index in [0.29, 0.717) is 19.1 Å². The van der Waals surface area contributed by atoms with Gasteiger partial charge in [-0.2, -0.15) is 0 Å². The van der Waals surface area contributed by atoms with E-state index in [0.717, 1.165) is 60.0 Å². The molecule has 33 heavy (non-hydrogen) atoms. The van der Waals surface area contributed by atoms with Crippen LogP contribution in [0.4, 0.5) is 0 Å². The number of hydrogen-bond acceptors (Lipinski definition) is 5. The number of pyridine rings is 1. The van der Waals surface area contributed by atoms with Crippen molar-refractivity contribution < 1.29 is 14.2 Å². The maximum atomic E-state index is 6.46. The van der Waals surface area contributed by atoms with Gasteiger partial charge < -0.3 is 14.2 Å². The summed E-state index contributed by atoms with van der Waals surface area (Å²) in [6.07, 6.45) is 7.77. The van der Waals surface area contributed by atoms with Crippen molar-refractivity contribution in [1.29, 1.82) is 0 Å². The van der Waals surface area contributed by atoms with Crippen molar-refractivity contribution in [3.8, 4) is 22.8 Å². The number of aromatic nitrogens is 1.